The fraction of sp³-hybridized carbons (Fsp3) is 0.222. The van der Waals surface area contributed by atoms with Crippen molar-refractivity contribution in [3.8, 4) is 0 Å². The fourth-order valence-electron chi connectivity index (χ4n) is 1.05. The second kappa shape index (κ2) is 4.45. The van der Waals surface area contributed by atoms with Crippen LogP contribution >= 0.6 is 22.6 Å². The number of carboxylic acids is 1. The van der Waals surface area contributed by atoms with E-state index in [2.05, 4.69) is 22.6 Å². The molecule has 0 fully saturated rings. The molecular formula is C9H9IO2. The number of rotatable bonds is 3. The van der Waals surface area contributed by atoms with Crippen LogP contribution in [0.15, 0.2) is 24.3 Å². The van der Waals surface area contributed by atoms with E-state index in [9.17, 15) is 4.79 Å². The molecule has 0 spiro atoms. The van der Waals surface area contributed by atoms with E-state index >= 15 is 0 Å². The summed E-state index contributed by atoms with van der Waals surface area (Å²) in [7, 11) is 0. The predicted molar refractivity (Wildman–Crippen MR) is 56.0 cm³/mol. The summed E-state index contributed by atoms with van der Waals surface area (Å²) in [5.41, 5.74) is 1.34. The molecule has 2 nitrogen and oxygen atoms in total. The van der Waals surface area contributed by atoms with E-state index in [4.69, 9.17) is 5.11 Å². The third kappa shape index (κ3) is 2.20. The minimum atomic E-state index is -0.838. The van der Waals surface area contributed by atoms with E-state index in [-0.39, 0.29) is 0 Å². The van der Waals surface area contributed by atoms with Gasteiger partial charge in [-0.2, -0.15) is 0 Å². The topological polar surface area (TPSA) is 37.3 Å². The number of aromatic carboxylic acids is 1. The molecule has 0 unspecified atom stereocenters. The van der Waals surface area contributed by atoms with Crippen molar-refractivity contribution in [3.63, 3.8) is 0 Å². The SMILES string of the molecule is O=C(O)c1ccccc1CCI. The molecule has 0 saturated heterocycles. The lowest BCUT2D eigenvalue weighted by molar-refractivity contribution is 0.0696. The molecule has 1 rings (SSSR count). The first-order valence-corrected chi connectivity index (χ1v) is 5.15. The molecule has 12 heavy (non-hydrogen) atoms. The number of benzene rings is 1. The number of alkyl halides is 1. The highest BCUT2D eigenvalue weighted by molar-refractivity contribution is 14.1. The summed E-state index contributed by atoms with van der Waals surface area (Å²) in [5.74, 6) is -0.838. The monoisotopic (exact) mass is 276 g/mol. The van der Waals surface area contributed by atoms with Gasteiger partial charge in [0.25, 0.3) is 0 Å². The van der Waals surface area contributed by atoms with Crippen molar-refractivity contribution in [1.29, 1.82) is 0 Å². The highest BCUT2D eigenvalue weighted by Gasteiger charge is 2.06. The Hall–Kier alpha value is -0.580. The molecule has 0 saturated carbocycles. The third-order valence-corrected chi connectivity index (χ3v) is 2.15. The zero-order valence-corrected chi connectivity index (χ0v) is 8.61. The molecule has 0 aliphatic carbocycles. The minimum absolute atomic E-state index is 0.425. The van der Waals surface area contributed by atoms with Gasteiger partial charge >= 0.3 is 5.97 Å². The largest absolute Gasteiger partial charge is 0.478 e. The Morgan fingerprint density at radius 3 is 2.67 bits per heavy atom. The average molecular weight is 276 g/mol. The number of hydrogen-bond acceptors (Lipinski definition) is 1. The Kier molecular flexibility index (Phi) is 3.52. The van der Waals surface area contributed by atoms with Gasteiger partial charge in [-0.1, -0.05) is 40.8 Å². The van der Waals surface area contributed by atoms with E-state index in [1.807, 2.05) is 12.1 Å². The summed E-state index contributed by atoms with van der Waals surface area (Å²) < 4.78 is 0.946. The summed E-state index contributed by atoms with van der Waals surface area (Å²) in [4.78, 5) is 10.7. The predicted octanol–water partition coefficient (Wildman–Crippen LogP) is 2.36. The molecule has 3 heteroatoms. The molecule has 0 aliphatic rings. The lowest BCUT2D eigenvalue weighted by Gasteiger charge is -2.01. The maximum Gasteiger partial charge on any atom is 0.335 e. The Morgan fingerprint density at radius 1 is 1.42 bits per heavy atom. The quantitative estimate of drug-likeness (QED) is 0.679. The molecule has 0 bridgehead atoms. The van der Waals surface area contributed by atoms with Crippen molar-refractivity contribution in [2.24, 2.45) is 0 Å². The van der Waals surface area contributed by atoms with Gasteiger partial charge in [-0.05, 0) is 18.1 Å². The first-order chi connectivity index (χ1) is 5.75. The first-order valence-electron chi connectivity index (χ1n) is 3.63. The maximum absolute atomic E-state index is 10.7. The summed E-state index contributed by atoms with van der Waals surface area (Å²) in [6.07, 6.45) is 0.822. The van der Waals surface area contributed by atoms with Crippen LogP contribution in [0.25, 0.3) is 0 Å². The molecule has 0 heterocycles. The second-order valence-corrected chi connectivity index (χ2v) is 3.48. The molecule has 0 amide bonds. The zero-order valence-electron chi connectivity index (χ0n) is 6.46. The summed E-state index contributed by atoms with van der Waals surface area (Å²) >= 11 is 2.24. The van der Waals surface area contributed by atoms with Crippen LogP contribution in [0.3, 0.4) is 0 Å². The average Bonchev–Trinajstić information content (AvgIpc) is 2.05. The van der Waals surface area contributed by atoms with Crippen LogP contribution in [0.2, 0.25) is 0 Å². The molecular weight excluding hydrogens is 267 g/mol. The number of hydrogen-bond donors (Lipinski definition) is 1. The van der Waals surface area contributed by atoms with E-state index in [1.54, 1.807) is 12.1 Å². The standard InChI is InChI=1S/C9H9IO2/c10-6-5-7-3-1-2-4-8(7)9(11)12/h1-4H,5-6H2,(H,11,12). The van der Waals surface area contributed by atoms with Crippen LogP contribution in [0.5, 0.6) is 0 Å². The molecule has 1 aromatic carbocycles. The Morgan fingerprint density at radius 2 is 2.08 bits per heavy atom. The first kappa shape index (κ1) is 9.51. The van der Waals surface area contributed by atoms with Crippen LogP contribution in [0.1, 0.15) is 15.9 Å². The minimum Gasteiger partial charge on any atom is -0.478 e. The fourth-order valence-corrected chi connectivity index (χ4v) is 1.63. The maximum atomic E-state index is 10.7. The highest BCUT2D eigenvalue weighted by Crippen LogP contribution is 2.10. The van der Waals surface area contributed by atoms with E-state index in [0.717, 1.165) is 16.4 Å². The number of carbonyl (C=O) groups is 1. The molecule has 1 aromatic rings. The van der Waals surface area contributed by atoms with Crippen LogP contribution in [-0.4, -0.2) is 15.5 Å². The zero-order chi connectivity index (χ0) is 8.97. The van der Waals surface area contributed by atoms with Gasteiger partial charge in [-0.15, -0.1) is 0 Å². The van der Waals surface area contributed by atoms with Crippen molar-refractivity contribution in [2.45, 2.75) is 6.42 Å². The van der Waals surface area contributed by atoms with E-state index in [1.165, 1.54) is 0 Å². The Balaban J connectivity index is 3.00. The normalized spacial score (nSPS) is 9.75. The molecule has 0 aliphatic heterocycles. The summed E-state index contributed by atoms with van der Waals surface area (Å²) in [6.45, 7) is 0. The van der Waals surface area contributed by atoms with Gasteiger partial charge < -0.3 is 5.11 Å². The van der Waals surface area contributed by atoms with Gasteiger partial charge in [0, 0.05) is 4.43 Å². The van der Waals surface area contributed by atoms with Gasteiger partial charge in [0.05, 0.1) is 5.56 Å². The molecule has 0 atom stereocenters. The second-order valence-electron chi connectivity index (χ2n) is 2.40. The van der Waals surface area contributed by atoms with Gasteiger partial charge in [0.2, 0.25) is 0 Å². The van der Waals surface area contributed by atoms with Crippen LogP contribution in [0, 0.1) is 0 Å². The Bertz CT molecular complexity index is 284. The third-order valence-electron chi connectivity index (χ3n) is 1.61. The van der Waals surface area contributed by atoms with Crippen LogP contribution in [-0.2, 0) is 6.42 Å². The van der Waals surface area contributed by atoms with Crippen molar-refractivity contribution >= 4 is 28.6 Å². The van der Waals surface area contributed by atoms with Crippen molar-refractivity contribution in [3.05, 3.63) is 35.4 Å². The van der Waals surface area contributed by atoms with Gasteiger partial charge in [-0.25, -0.2) is 4.79 Å². The lowest BCUT2D eigenvalue weighted by Crippen LogP contribution is -2.02. The van der Waals surface area contributed by atoms with Crippen molar-refractivity contribution < 1.29 is 9.90 Å². The molecule has 0 radical (unpaired) electrons. The molecule has 0 aromatic heterocycles. The van der Waals surface area contributed by atoms with Gasteiger partial charge in [0.1, 0.15) is 0 Å². The van der Waals surface area contributed by atoms with Gasteiger partial charge in [-0.3, -0.25) is 0 Å². The summed E-state index contributed by atoms with van der Waals surface area (Å²) in [6, 6.07) is 7.13. The Labute approximate surface area is 84.7 Å². The number of halogens is 1. The van der Waals surface area contributed by atoms with Crippen LogP contribution < -0.4 is 0 Å². The highest BCUT2D eigenvalue weighted by atomic mass is 127. The summed E-state index contributed by atoms with van der Waals surface area (Å²) in [5, 5.41) is 8.79. The molecule has 1 N–H and O–H groups in total. The van der Waals surface area contributed by atoms with Crippen molar-refractivity contribution in [2.75, 3.05) is 4.43 Å². The lowest BCUT2D eigenvalue weighted by atomic mass is 10.1. The van der Waals surface area contributed by atoms with E-state index < -0.39 is 5.97 Å². The smallest absolute Gasteiger partial charge is 0.335 e. The number of carboxylic acid groups (broad SMARTS) is 1. The van der Waals surface area contributed by atoms with E-state index in [0.29, 0.717) is 5.56 Å². The van der Waals surface area contributed by atoms with Gasteiger partial charge in [0.15, 0.2) is 0 Å². The molecule has 64 valence electrons. The number of aryl methyl sites for hydroxylation is 1. The van der Waals surface area contributed by atoms with Crippen LogP contribution in [0.4, 0.5) is 0 Å². The van der Waals surface area contributed by atoms with Crippen molar-refractivity contribution in [1.82, 2.24) is 0 Å².